The first kappa shape index (κ1) is 18.9. The molecule has 7 heteroatoms. The van der Waals surface area contributed by atoms with Crippen molar-refractivity contribution in [2.75, 3.05) is 13.4 Å². The summed E-state index contributed by atoms with van der Waals surface area (Å²) in [5.41, 5.74) is 1.37. The number of methoxy groups -OCH3 is 1. The second-order valence-corrected chi connectivity index (χ2v) is 7.83. The molecule has 1 atom stereocenters. The Hall–Kier alpha value is -2.41. The number of aryl methyl sites for hydroxylation is 1. The van der Waals surface area contributed by atoms with Gasteiger partial charge < -0.3 is 10.1 Å². The summed E-state index contributed by atoms with van der Waals surface area (Å²) >= 11 is 0. The molecule has 0 saturated carbocycles. The van der Waals surface area contributed by atoms with Crippen molar-refractivity contribution in [3.63, 3.8) is 0 Å². The number of hydrogen-bond donors (Lipinski definition) is 1. The summed E-state index contributed by atoms with van der Waals surface area (Å²) in [5, 5.41) is 2.73. The molecule has 0 aliphatic heterocycles. The average Bonchev–Trinajstić information content (AvgIpc) is 2.53. The molecule has 0 spiro atoms. The fraction of sp³-hybridized carbons (Fsp3) is 0.278. The first-order valence-corrected chi connectivity index (χ1v) is 9.47. The third-order valence-corrected chi connectivity index (χ3v) is 5.11. The molecule has 1 amide bonds. The lowest BCUT2D eigenvalue weighted by atomic mass is 10.1. The number of nitrogens with one attached hydrogen (secondary N) is 1. The van der Waals surface area contributed by atoms with E-state index >= 15 is 0 Å². The lowest BCUT2D eigenvalue weighted by Crippen LogP contribution is -2.27. The highest BCUT2D eigenvalue weighted by Gasteiger charge is 2.17. The Morgan fingerprint density at radius 3 is 2.44 bits per heavy atom. The minimum Gasteiger partial charge on any atom is -0.494 e. The minimum atomic E-state index is -3.43. The number of benzene rings is 2. The van der Waals surface area contributed by atoms with E-state index in [1.54, 1.807) is 32.0 Å². The first-order valence-electron chi connectivity index (χ1n) is 7.58. The zero-order chi connectivity index (χ0) is 18.8. The van der Waals surface area contributed by atoms with Gasteiger partial charge in [0.05, 0.1) is 18.0 Å². The molecule has 0 aliphatic rings. The van der Waals surface area contributed by atoms with Crippen LogP contribution in [0.4, 0.5) is 4.39 Å². The standard InChI is InChI=1S/C18H20FNO4S/c1-11-5-6-14(10-17(11)25(4,22)23)18(21)20-12(2)13-7-8-16(24-3)15(19)9-13/h5-10,12H,1-4H3,(H,20,21). The molecule has 0 saturated heterocycles. The van der Waals surface area contributed by atoms with E-state index in [4.69, 9.17) is 4.74 Å². The van der Waals surface area contributed by atoms with Crippen molar-refractivity contribution in [2.24, 2.45) is 0 Å². The fourth-order valence-corrected chi connectivity index (χ4v) is 3.45. The molecule has 0 heterocycles. The van der Waals surface area contributed by atoms with Crippen molar-refractivity contribution in [1.29, 1.82) is 0 Å². The second kappa shape index (κ2) is 7.23. The molecule has 0 aromatic heterocycles. The third kappa shape index (κ3) is 4.36. The zero-order valence-corrected chi connectivity index (χ0v) is 15.3. The van der Waals surface area contributed by atoms with Crippen LogP contribution in [0.5, 0.6) is 5.75 Å². The van der Waals surface area contributed by atoms with Crippen LogP contribution in [0.15, 0.2) is 41.3 Å². The molecule has 1 N–H and O–H groups in total. The molecule has 0 fully saturated rings. The number of ether oxygens (including phenoxy) is 1. The van der Waals surface area contributed by atoms with Crippen molar-refractivity contribution in [1.82, 2.24) is 5.32 Å². The fourth-order valence-electron chi connectivity index (χ4n) is 2.46. The van der Waals surface area contributed by atoms with Crippen LogP contribution in [0, 0.1) is 12.7 Å². The van der Waals surface area contributed by atoms with E-state index in [2.05, 4.69) is 5.32 Å². The van der Waals surface area contributed by atoms with Crippen LogP contribution < -0.4 is 10.1 Å². The van der Waals surface area contributed by atoms with Gasteiger partial charge in [-0.3, -0.25) is 4.79 Å². The van der Waals surface area contributed by atoms with Crippen LogP contribution in [0.2, 0.25) is 0 Å². The molecule has 2 rings (SSSR count). The van der Waals surface area contributed by atoms with E-state index in [0.717, 1.165) is 6.26 Å². The third-order valence-electron chi connectivity index (χ3n) is 3.87. The Labute approximate surface area is 146 Å². The molecular weight excluding hydrogens is 345 g/mol. The van der Waals surface area contributed by atoms with E-state index in [1.807, 2.05) is 0 Å². The lowest BCUT2D eigenvalue weighted by Gasteiger charge is -2.16. The molecule has 1 unspecified atom stereocenters. The highest BCUT2D eigenvalue weighted by atomic mass is 32.2. The zero-order valence-electron chi connectivity index (χ0n) is 14.5. The maximum Gasteiger partial charge on any atom is 0.251 e. The molecule has 5 nitrogen and oxygen atoms in total. The highest BCUT2D eigenvalue weighted by Crippen LogP contribution is 2.22. The van der Waals surface area contributed by atoms with Crippen molar-refractivity contribution in [2.45, 2.75) is 24.8 Å². The SMILES string of the molecule is COc1ccc(C(C)NC(=O)c2ccc(C)c(S(C)(=O)=O)c2)cc1F. The monoisotopic (exact) mass is 365 g/mol. The largest absolute Gasteiger partial charge is 0.494 e. The molecule has 0 radical (unpaired) electrons. The van der Waals surface area contributed by atoms with E-state index in [1.165, 1.54) is 25.3 Å². The van der Waals surface area contributed by atoms with Gasteiger partial charge in [0.25, 0.3) is 5.91 Å². The van der Waals surface area contributed by atoms with Crippen LogP contribution in [0.1, 0.15) is 34.5 Å². The van der Waals surface area contributed by atoms with Gasteiger partial charge in [0.2, 0.25) is 0 Å². The van der Waals surface area contributed by atoms with Gasteiger partial charge in [0, 0.05) is 11.8 Å². The molecule has 0 bridgehead atoms. The summed E-state index contributed by atoms with van der Waals surface area (Å²) in [6.45, 7) is 3.38. The summed E-state index contributed by atoms with van der Waals surface area (Å²) in [7, 11) is -2.05. The number of amides is 1. The van der Waals surface area contributed by atoms with Gasteiger partial charge in [-0.2, -0.15) is 0 Å². The van der Waals surface area contributed by atoms with E-state index in [9.17, 15) is 17.6 Å². The topological polar surface area (TPSA) is 72.5 Å². The van der Waals surface area contributed by atoms with Gasteiger partial charge in [0.15, 0.2) is 21.4 Å². The number of sulfone groups is 1. The van der Waals surface area contributed by atoms with Gasteiger partial charge in [-0.05, 0) is 49.2 Å². The Morgan fingerprint density at radius 2 is 1.88 bits per heavy atom. The van der Waals surface area contributed by atoms with Gasteiger partial charge in [-0.1, -0.05) is 12.1 Å². The van der Waals surface area contributed by atoms with Crippen LogP contribution in [0.3, 0.4) is 0 Å². The van der Waals surface area contributed by atoms with Crippen LogP contribution in [-0.4, -0.2) is 27.7 Å². The molecule has 25 heavy (non-hydrogen) atoms. The molecule has 2 aromatic carbocycles. The number of hydrogen-bond acceptors (Lipinski definition) is 4. The second-order valence-electron chi connectivity index (χ2n) is 5.84. The van der Waals surface area contributed by atoms with Crippen molar-refractivity contribution in [3.05, 3.63) is 58.9 Å². The quantitative estimate of drug-likeness (QED) is 0.884. The van der Waals surface area contributed by atoms with Gasteiger partial charge >= 0.3 is 0 Å². The predicted octanol–water partition coefficient (Wildman–Crippen LogP) is 3.04. The van der Waals surface area contributed by atoms with E-state index in [0.29, 0.717) is 11.1 Å². The first-order chi connectivity index (χ1) is 11.6. The van der Waals surface area contributed by atoms with Crippen LogP contribution >= 0.6 is 0 Å². The maximum absolute atomic E-state index is 13.8. The van der Waals surface area contributed by atoms with E-state index in [-0.39, 0.29) is 16.2 Å². The summed E-state index contributed by atoms with van der Waals surface area (Å²) < 4.78 is 42.2. The number of rotatable bonds is 5. The van der Waals surface area contributed by atoms with Gasteiger partial charge in [-0.15, -0.1) is 0 Å². The van der Waals surface area contributed by atoms with Gasteiger partial charge in [-0.25, -0.2) is 12.8 Å². The normalized spacial score (nSPS) is 12.5. The van der Waals surface area contributed by atoms with Crippen LogP contribution in [0.25, 0.3) is 0 Å². The Morgan fingerprint density at radius 1 is 1.20 bits per heavy atom. The van der Waals surface area contributed by atoms with Crippen LogP contribution in [-0.2, 0) is 9.84 Å². The number of carbonyl (C=O) groups is 1. The Balaban J connectivity index is 2.23. The Kier molecular flexibility index (Phi) is 5.47. The predicted molar refractivity (Wildman–Crippen MR) is 93.1 cm³/mol. The highest BCUT2D eigenvalue weighted by molar-refractivity contribution is 7.90. The summed E-state index contributed by atoms with van der Waals surface area (Å²) in [5.74, 6) is -0.831. The van der Waals surface area contributed by atoms with Crippen molar-refractivity contribution < 1.29 is 22.3 Å². The molecular formula is C18H20FNO4S. The van der Waals surface area contributed by atoms with Crippen molar-refractivity contribution >= 4 is 15.7 Å². The smallest absolute Gasteiger partial charge is 0.251 e. The molecule has 0 aliphatic carbocycles. The molecule has 2 aromatic rings. The number of carbonyl (C=O) groups excluding carboxylic acids is 1. The summed E-state index contributed by atoms with van der Waals surface area (Å²) in [6, 6.07) is 8.47. The van der Waals surface area contributed by atoms with Crippen molar-refractivity contribution in [3.8, 4) is 5.75 Å². The minimum absolute atomic E-state index is 0.114. The van der Waals surface area contributed by atoms with Gasteiger partial charge in [0.1, 0.15) is 0 Å². The summed E-state index contributed by atoms with van der Waals surface area (Å²) in [6.07, 6.45) is 1.10. The summed E-state index contributed by atoms with van der Waals surface area (Å²) in [4.78, 5) is 12.5. The number of halogens is 1. The lowest BCUT2D eigenvalue weighted by molar-refractivity contribution is 0.0939. The van der Waals surface area contributed by atoms with E-state index < -0.39 is 27.6 Å². The molecule has 134 valence electrons. The Bertz CT molecular complexity index is 909. The average molecular weight is 365 g/mol. The maximum atomic E-state index is 13.8.